The fraction of sp³-hybridized carbons (Fsp3) is 0.174. The number of ether oxygens (including phenoxy) is 2. The molecule has 0 aromatic heterocycles. The van der Waals surface area contributed by atoms with Crippen LogP contribution in [0.5, 0.6) is 0 Å². The van der Waals surface area contributed by atoms with Gasteiger partial charge in [0.05, 0.1) is 11.9 Å². The maximum atomic E-state index is 13.0. The zero-order valence-corrected chi connectivity index (χ0v) is 20.3. The lowest BCUT2D eigenvalue weighted by Crippen LogP contribution is -2.10. The van der Waals surface area contributed by atoms with Gasteiger partial charge >= 0.3 is 6.18 Å². The minimum Gasteiger partial charge on any atom is -0.454 e. The zero-order chi connectivity index (χ0) is 24.6. The number of imidazole rings is 1. The van der Waals surface area contributed by atoms with Crippen LogP contribution < -0.4 is 5.73 Å². The number of nitrogens with zero attached hydrogens (tertiary/aromatic N) is 4. The second kappa shape index (κ2) is 9.42. The molecule has 2 aromatic rings. The summed E-state index contributed by atoms with van der Waals surface area (Å²) >= 11 is 4.66. The minimum absolute atomic E-state index is 0.207. The summed E-state index contributed by atoms with van der Waals surface area (Å²) in [7, 11) is 0. The third-order valence-corrected chi connectivity index (χ3v) is 6.71. The molecule has 0 fully saturated rings. The summed E-state index contributed by atoms with van der Waals surface area (Å²) in [5, 5.41) is 0.859. The summed E-state index contributed by atoms with van der Waals surface area (Å²) in [5.74, 6) is 0.687. The Morgan fingerprint density at radius 2 is 1.94 bits per heavy atom. The monoisotopic (exact) mass is 563 g/mol. The summed E-state index contributed by atoms with van der Waals surface area (Å²) < 4.78 is 53.1. The maximum Gasteiger partial charge on any atom is 0.416 e. The molecule has 3 aliphatic heterocycles. The highest BCUT2D eigenvalue weighted by molar-refractivity contribution is 9.10. The zero-order valence-electron chi connectivity index (χ0n) is 17.9. The van der Waals surface area contributed by atoms with E-state index in [1.807, 2.05) is 24.3 Å². The summed E-state index contributed by atoms with van der Waals surface area (Å²) in [6.45, 7) is 0.348. The number of hydrogen-bond donors (Lipinski definition) is 1. The van der Waals surface area contributed by atoms with Crippen molar-refractivity contribution in [3.63, 3.8) is 0 Å². The lowest BCUT2D eigenvalue weighted by atomic mass is 10.1. The number of nitrogen functional groups attached to an aromatic ring is 1. The summed E-state index contributed by atoms with van der Waals surface area (Å²) in [4.78, 5) is 13.2. The van der Waals surface area contributed by atoms with E-state index in [1.54, 1.807) is 10.6 Å². The van der Waals surface area contributed by atoms with E-state index in [9.17, 15) is 13.2 Å². The van der Waals surface area contributed by atoms with Crippen molar-refractivity contribution in [3.8, 4) is 11.5 Å². The Balaban J connectivity index is 1.31. The number of aromatic nitrogens is 4. The van der Waals surface area contributed by atoms with E-state index < -0.39 is 18.0 Å². The lowest BCUT2D eigenvalue weighted by molar-refractivity contribution is -0.137. The van der Waals surface area contributed by atoms with Crippen LogP contribution in [0.1, 0.15) is 23.0 Å². The van der Waals surface area contributed by atoms with Gasteiger partial charge in [-0.1, -0.05) is 52.3 Å². The van der Waals surface area contributed by atoms with Crippen LogP contribution in [0.25, 0.3) is 11.5 Å². The highest BCUT2D eigenvalue weighted by Gasteiger charge is 2.30. The first kappa shape index (κ1) is 23.5. The van der Waals surface area contributed by atoms with Gasteiger partial charge in [0.15, 0.2) is 22.5 Å². The molecule has 0 bridgehead atoms. The average Bonchev–Trinajstić information content (AvgIpc) is 3.47. The van der Waals surface area contributed by atoms with E-state index in [2.05, 4.69) is 30.9 Å². The van der Waals surface area contributed by atoms with Gasteiger partial charge in [-0.15, -0.1) is 0 Å². The van der Waals surface area contributed by atoms with E-state index in [-0.39, 0.29) is 5.82 Å². The number of benzene rings is 2. The smallest absolute Gasteiger partial charge is 0.416 e. The first-order valence-electron chi connectivity index (χ1n) is 10.4. The summed E-state index contributed by atoms with van der Waals surface area (Å²) in [6, 6.07) is 12.8. The van der Waals surface area contributed by atoms with Gasteiger partial charge in [-0.25, -0.2) is 15.0 Å². The molecule has 180 valence electrons. The van der Waals surface area contributed by atoms with Crippen molar-refractivity contribution < 1.29 is 22.6 Å². The number of halogens is 4. The number of nitrogens with two attached hydrogens (primary N) is 1. The predicted octanol–water partition coefficient (Wildman–Crippen LogP) is 6.02. The summed E-state index contributed by atoms with van der Waals surface area (Å²) in [6.07, 6.45) is -1.63. The molecule has 1 unspecified atom stereocenters. The quantitative estimate of drug-likeness (QED) is 0.307. The summed E-state index contributed by atoms with van der Waals surface area (Å²) in [5.41, 5.74) is 7.11. The first-order valence-corrected chi connectivity index (χ1v) is 12.0. The number of hydrogen-bond acceptors (Lipinski definition) is 7. The number of anilines is 1. The molecule has 0 saturated carbocycles. The highest BCUT2D eigenvalue weighted by atomic mass is 79.9. The predicted molar refractivity (Wildman–Crippen MR) is 127 cm³/mol. The average molecular weight is 564 g/mol. The molecule has 1 atom stereocenters. The number of rotatable bonds is 6. The molecular formula is C23H17BrF3N5O2S. The third kappa shape index (κ3) is 5.08. The Labute approximate surface area is 210 Å². The molecule has 0 aliphatic carbocycles. The fourth-order valence-electron chi connectivity index (χ4n) is 3.52. The number of fused-ring (bicyclic) bond motifs is 1. The Kier molecular flexibility index (Phi) is 6.32. The van der Waals surface area contributed by atoms with Crippen molar-refractivity contribution in [2.24, 2.45) is 0 Å². The molecule has 0 radical (unpaired) electrons. The van der Waals surface area contributed by atoms with Crippen LogP contribution in [0, 0.1) is 0 Å². The number of thioether (sulfide) groups is 1. The molecule has 2 aromatic carbocycles. The van der Waals surface area contributed by atoms with Crippen molar-refractivity contribution in [2.45, 2.75) is 30.6 Å². The van der Waals surface area contributed by atoms with Crippen LogP contribution in [0.15, 0.2) is 75.8 Å². The molecule has 5 rings (SSSR count). The molecule has 0 saturated heterocycles. The topological polar surface area (TPSA) is 88.1 Å². The van der Waals surface area contributed by atoms with Gasteiger partial charge in [0, 0.05) is 16.6 Å². The largest absolute Gasteiger partial charge is 0.454 e. The van der Waals surface area contributed by atoms with E-state index in [1.165, 1.54) is 30.4 Å². The van der Waals surface area contributed by atoms with Crippen molar-refractivity contribution in [3.05, 3.63) is 87.4 Å². The van der Waals surface area contributed by atoms with E-state index >= 15 is 0 Å². The lowest BCUT2D eigenvalue weighted by Gasteiger charge is -2.12. The fourth-order valence-corrected chi connectivity index (χ4v) is 4.68. The van der Waals surface area contributed by atoms with Crippen molar-refractivity contribution in [1.29, 1.82) is 0 Å². The highest BCUT2D eigenvalue weighted by Crippen LogP contribution is 2.40. The standard InChI is InChI=1S/C23H17BrF3N5O2S/c24-16-7-2-1-6-15(16)21-33-11-17(34-21)35-22-30-18-19(28)29-12-32(20(18)31-22)9-8-13-4-3-5-14(10-13)23(25,26)27/h1-7,10-12,21H,8-9,28H2. The molecule has 0 spiro atoms. The SMILES string of the molecule is Nc1ncn(CCc2cccc(C(F)(F)F)c2)c2nc(SC3=COC(c4ccccc4Br)O3)nc1-2. The maximum absolute atomic E-state index is 13.0. The van der Waals surface area contributed by atoms with Crippen LogP contribution in [0.4, 0.5) is 19.0 Å². The van der Waals surface area contributed by atoms with E-state index in [4.69, 9.17) is 15.2 Å². The van der Waals surface area contributed by atoms with Gasteiger partial charge in [0.1, 0.15) is 6.26 Å². The second-order valence-electron chi connectivity index (χ2n) is 7.60. The van der Waals surface area contributed by atoms with Gasteiger partial charge in [0.2, 0.25) is 5.09 Å². The Bertz CT molecular complexity index is 1380. The van der Waals surface area contributed by atoms with Crippen molar-refractivity contribution >= 4 is 33.5 Å². The Hall–Kier alpha value is -3.25. The van der Waals surface area contributed by atoms with Gasteiger partial charge in [-0.2, -0.15) is 13.2 Å². The third-order valence-electron chi connectivity index (χ3n) is 5.23. The van der Waals surface area contributed by atoms with Crippen molar-refractivity contribution in [1.82, 2.24) is 19.5 Å². The van der Waals surface area contributed by atoms with Gasteiger partial charge in [0.25, 0.3) is 6.29 Å². The van der Waals surface area contributed by atoms with Crippen LogP contribution in [-0.4, -0.2) is 19.5 Å². The molecular weight excluding hydrogens is 547 g/mol. The van der Waals surface area contributed by atoms with Crippen LogP contribution >= 0.6 is 27.7 Å². The van der Waals surface area contributed by atoms with Gasteiger partial charge in [-0.3, -0.25) is 0 Å². The van der Waals surface area contributed by atoms with Gasteiger partial charge in [-0.05, 0) is 35.9 Å². The van der Waals surface area contributed by atoms with Crippen molar-refractivity contribution in [2.75, 3.05) is 5.73 Å². The molecule has 3 aliphatic rings. The number of alkyl halides is 3. The van der Waals surface area contributed by atoms with E-state index in [0.717, 1.165) is 22.2 Å². The van der Waals surface area contributed by atoms with Crippen LogP contribution in [0.3, 0.4) is 0 Å². The molecule has 12 heteroatoms. The molecule has 35 heavy (non-hydrogen) atoms. The Morgan fingerprint density at radius 1 is 1.11 bits per heavy atom. The molecule has 0 amide bonds. The molecule has 2 N–H and O–H groups in total. The normalized spacial score (nSPS) is 15.7. The van der Waals surface area contributed by atoms with Gasteiger partial charge < -0.3 is 19.8 Å². The minimum atomic E-state index is -4.39. The first-order chi connectivity index (χ1) is 16.8. The van der Waals surface area contributed by atoms with Crippen LogP contribution in [-0.2, 0) is 28.6 Å². The second-order valence-corrected chi connectivity index (χ2v) is 9.42. The Morgan fingerprint density at radius 3 is 2.74 bits per heavy atom. The van der Waals surface area contributed by atoms with E-state index in [0.29, 0.717) is 40.3 Å². The molecule has 7 nitrogen and oxygen atoms in total. The number of aryl methyl sites for hydroxylation is 2. The molecule has 3 heterocycles. The van der Waals surface area contributed by atoms with Crippen LogP contribution in [0.2, 0.25) is 0 Å².